The summed E-state index contributed by atoms with van der Waals surface area (Å²) in [5, 5.41) is 12.3. The molecular formula is C31H31N5O4S2. The van der Waals surface area contributed by atoms with Gasteiger partial charge in [-0.05, 0) is 35.4 Å². The van der Waals surface area contributed by atoms with Crippen LogP contribution in [0.2, 0.25) is 0 Å². The lowest BCUT2D eigenvalue weighted by Crippen LogP contribution is -2.39. The number of ketones is 1. The third-order valence-corrected chi connectivity index (χ3v) is 8.55. The molecule has 9 nitrogen and oxygen atoms in total. The second kappa shape index (κ2) is 14.0. The van der Waals surface area contributed by atoms with Crippen molar-refractivity contribution < 1.29 is 18.0 Å². The number of benzene rings is 3. The van der Waals surface area contributed by atoms with Crippen LogP contribution in [0, 0.1) is 11.3 Å². The smallest absolute Gasteiger partial charge is 0.328 e. The second-order valence-corrected chi connectivity index (χ2v) is 11.9. The van der Waals surface area contributed by atoms with Crippen molar-refractivity contribution in [3.05, 3.63) is 102 Å². The maximum Gasteiger partial charge on any atom is 0.328 e. The molecule has 4 aromatic rings. The Hall–Kier alpha value is -4.40. The van der Waals surface area contributed by atoms with Crippen molar-refractivity contribution in [1.29, 1.82) is 5.26 Å². The summed E-state index contributed by atoms with van der Waals surface area (Å²) in [5.41, 5.74) is 3.25. The van der Waals surface area contributed by atoms with Crippen molar-refractivity contribution in [1.82, 2.24) is 19.6 Å². The molecule has 0 fully saturated rings. The van der Waals surface area contributed by atoms with Crippen molar-refractivity contribution in [2.75, 3.05) is 6.26 Å². The number of urea groups is 1. The molecule has 1 heterocycles. The lowest BCUT2D eigenvalue weighted by molar-refractivity contribution is 0.0985. The standard InChI is InChI=1S/C31H31N5O4S2/c1-3-9-28-34-30(41-2)29(26(37)18-19-32)36(28)21-23-14-16-24(17-15-23)25-12-7-8-13-27(25)42(39,40)35-31(38)33-20-22-10-5-4-6-11-22/h4-8,10-17H,3,9,18,20-21H2,1-2H3,(H2,33,35,38). The highest BCUT2D eigenvalue weighted by Gasteiger charge is 2.24. The van der Waals surface area contributed by atoms with Crippen molar-refractivity contribution in [3.63, 3.8) is 0 Å². The van der Waals surface area contributed by atoms with Crippen molar-refractivity contribution in [3.8, 4) is 17.2 Å². The van der Waals surface area contributed by atoms with E-state index in [-0.39, 0.29) is 23.6 Å². The van der Waals surface area contributed by atoms with Gasteiger partial charge >= 0.3 is 6.03 Å². The van der Waals surface area contributed by atoms with Gasteiger partial charge in [-0.3, -0.25) is 4.79 Å². The number of amides is 2. The van der Waals surface area contributed by atoms with Gasteiger partial charge in [0.15, 0.2) is 5.78 Å². The first-order valence-electron chi connectivity index (χ1n) is 13.3. The van der Waals surface area contributed by atoms with E-state index in [1.165, 1.54) is 17.8 Å². The number of nitriles is 1. The monoisotopic (exact) mass is 601 g/mol. The van der Waals surface area contributed by atoms with Gasteiger partial charge < -0.3 is 9.88 Å². The van der Waals surface area contributed by atoms with E-state index in [4.69, 9.17) is 5.26 Å². The van der Waals surface area contributed by atoms with Crippen LogP contribution < -0.4 is 10.0 Å². The number of Topliss-reactive ketones (excluding diaryl/α,β-unsaturated/α-hetero) is 1. The molecular weight excluding hydrogens is 571 g/mol. The molecule has 0 atom stereocenters. The zero-order valence-electron chi connectivity index (χ0n) is 23.3. The normalized spacial score (nSPS) is 11.1. The number of carbonyl (C=O) groups excluding carboxylic acids is 2. The summed E-state index contributed by atoms with van der Waals surface area (Å²) >= 11 is 1.38. The first-order chi connectivity index (χ1) is 20.3. The highest BCUT2D eigenvalue weighted by atomic mass is 32.2. The molecule has 4 rings (SSSR count). The fourth-order valence-corrected chi connectivity index (χ4v) is 6.30. The van der Waals surface area contributed by atoms with Crippen molar-refractivity contribution in [2.24, 2.45) is 0 Å². The predicted octanol–water partition coefficient (Wildman–Crippen LogP) is 5.56. The Bertz CT molecular complexity index is 1710. The number of imidazole rings is 1. The van der Waals surface area contributed by atoms with Gasteiger partial charge in [0.1, 0.15) is 23.0 Å². The maximum atomic E-state index is 13.2. The fourth-order valence-electron chi connectivity index (χ4n) is 4.53. The minimum Gasteiger partial charge on any atom is -0.333 e. The van der Waals surface area contributed by atoms with E-state index < -0.39 is 16.1 Å². The third-order valence-electron chi connectivity index (χ3n) is 6.49. The van der Waals surface area contributed by atoms with Crippen LogP contribution >= 0.6 is 11.8 Å². The van der Waals surface area contributed by atoms with E-state index in [0.717, 1.165) is 23.4 Å². The molecule has 216 valence electrons. The highest BCUT2D eigenvalue weighted by molar-refractivity contribution is 7.98. The molecule has 1 aromatic heterocycles. The second-order valence-electron chi connectivity index (χ2n) is 9.45. The number of aryl methyl sites for hydroxylation is 1. The molecule has 0 aliphatic rings. The molecule has 0 unspecified atom stereocenters. The summed E-state index contributed by atoms with van der Waals surface area (Å²) in [6.45, 7) is 2.60. The third kappa shape index (κ3) is 7.26. The summed E-state index contributed by atoms with van der Waals surface area (Å²) in [6, 6.07) is 24.1. The van der Waals surface area contributed by atoms with E-state index in [2.05, 4.69) is 15.0 Å². The minimum atomic E-state index is -4.17. The average molecular weight is 602 g/mol. The fraction of sp³-hybridized carbons (Fsp3) is 0.226. The predicted molar refractivity (Wildman–Crippen MR) is 163 cm³/mol. The van der Waals surface area contributed by atoms with E-state index in [0.29, 0.717) is 34.8 Å². The summed E-state index contributed by atoms with van der Waals surface area (Å²) < 4.78 is 30.4. The van der Waals surface area contributed by atoms with Gasteiger partial charge in [0.05, 0.1) is 11.0 Å². The zero-order valence-corrected chi connectivity index (χ0v) is 25.0. The average Bonchev–Trinajstić information content (AvgIpc) is 3.34. The number of aromatic nitrogens is 2. The summed E-state index contributed by atoms with van der Waals surface area (Å²) in [5.74, 6) is 0.507. The molecule has 0 aliphatic carbocycles. The van der Waals surface area contributed by atoms with Gasteiger partial charge in [-0.25, -0.2) is 22.9 Å². The Morgan fingerprint density at radius 3 is 2.33 bits per heavy atom. The minimum absolute atomic E-state index is 0.0264. The van der Waals surface area contributed by atoms with Gasteiger partial charge in [-0.15, -0.1) is 11.8 Å². The van der Waals surface area contributed by atoms with Crippen LogP contribution in [-0.4, -0.2) is 36.0 Å². The van der Waals surface area contributed by atoms with Gasteiger partial charge in [-0.1, -0.05) is 79.7 Å². The Balaban J connectivity index is 1.57. The van der Waals surface area contributed by atoms with Gasteiger partial charge in [0.2, 0.25) is 0 Å². The Kier molecular flexibility index (Phi) is 10.2. The number of hydrogen-bond donors (Lipinski definition) is 2. The number of sulfonamides is 1. The number of carbonyl (C=O) groups is 2. The maximum absolute atomic E-state index is 13.2. The molecule has 11 heteroatoms. The lowest BCUT2D eigenvalue weighted by Gasteiger charge is -2.14. The number of nitrogens with zero attached hydrogens (tertiary/aromatic N) is 3. The largest absolute Gasteiger partial charge is 0.333 e. The number of rotatable bonds is 12. The van der Waals surface area contributed by atoms with E-state index in [1.54, 1.807) is 18.2 Å². The highest BCUT2D eigenvalue weighted by Crippen LogP contribution is 2.29. The number of nitrogens with one attached hydrogen (secondary N) is 2. The van der Waals surface area contributed by atoms with Crippen LogP contribution in [0.15, 0.2) is 88.8 Å². The molecule has 2 amide bonds. The Morgan fingerprint density at radius 1 is 0.976 bits per heavy atom. The van der Waals surface area contributed by atoms with E-state index in [9.17, 15) is 18.0 Å². The Labute approximate surface area is 250 Å². The quantitative estimate of drug-likeness (QED) is 0.160. The molecule has 0 bridgehead atoms. The first kappa shape index (κ1) is 30.6. The summed E-state index contributed by atoms with van der Waals surface area (Å²) in [4.78, 5) is 29.9. The first-order valence-corrected chi connectivity index (χ1v) is 16.0. The van der Waals surface area contributed by atoms with Gasteiger partial charge in [0, 0.05) is 25.1 Å². The number of hydrogen-bond acceptors (Lipinski definition) is 7. The van der Waals surface area contributed by atoms with Crippen molar-refractivity contribution >= 4 is 33.6 Å². The zero-order chi connectivity index (χ0) is 30.1. The molecule has 0 saturated heterocycles. The van der Waals surface area contributed by atoms with Crippen molar-refractivity contribution in [2.45, 2.75) is 49.2 Å². The van der Waals surface area contributed by atoms with Crippen LogP contribution in [0.3, 0.4) is 0 Å². The van der Waals surface area contributed by atoms with Crippen LogP contribution in [0.5, 0.6) is 0 Å². The van der Waals surface area contributed by atoms with E-state index in [1.807, 2.05) is 78.4 Å². The topological polar surface area (TPSA) is 134 Å². The molecule has 0 saturated carbocycles. The SMILES string of the molecule is CCCc1nc(SC)c(C(=O)CC#N)n1Cc1ccc(-c2ccccc2S(=O)(=O)NC(=O)NCc2ccccc2)cc1. The Morgan fingerprint density at radius 2 is 1.67 bits per heavy atom. The molecule has 2 N–H and O–H groups in total. The van der Waals surface area contributed by atoms with Crippen LogP contribution in [0.25, 0.3) is 11.1 Å². The molecule has 0 radical (unpaired) electrons. The van der Waals surface area contributed by atoms with E-state index >= 15 is 0 Å². The van der Waals surface area contributed by atoms with Crippen LogP contribution in [0.4, 0.5) is 4.79 Å². The summed E-state index contributed by atoms with van der Waals surface area (Å²) in [7, 11) is -4.17. The molecule has 0 aliphatic heterocycles. The molecule has 3 aromatic carbocycles. The molecule has 0 spiro atoms. The molecule has 42 heavy (non-hydrogen) atoms. The number of thioether (sulfide) groups is 1. The van der Waals surface area contributed by atoms with Crippen LogP contribution in [-0.2, 0) is 29.5 Å². The lowest BCUT2D eigenvalue weighted by atomic mass is 10.0. The van der Waals surface area contributed by atoms with Gasteiger partial charge in [-0.2, -0.15) is 5.26 Å². The van der Waals surface area contributed by atoms with Gasteiger partial charge in [0.25, 0.3) is 10.0 Å². The van der Waals surface area contributed by atoms with Crippen LogP contribution in [0.1, 0.15) is 47.2 Å². The summed E-state index contributed by atoms with van der Waals surface area (Å²) in [6.07, 6.45) is 3.16.